The number of ether oxygens (including phenoxy) is 1. The first kappa shape index (κ1) is 18.4. The molecule has 0 rings (SSSR count). The Balaban J connectivity index is 4.17. The molecule has 0 bridgehead atoms. The quantitative estimate of drug-likeness (QED) is 0.642. The summed E-state index contributed by atoms with van der Waals surface area (Å²) in [5.41, 5.74) is 0. The Morgan fingerprint density at radius 2 is 1.00 bits per heavy atom. The Morgan fingerprint density at radius 3 is 1.21 bits per heavy atom. The van der Waals surface area contributed by atoms with E-state index in [0.717, 1.165) is 0 Å². The average molecular weight is 302 g/mol. The Kier molecular flexibility index (Phi) is 6.50. The van der Waals surface area contributed by atoms with Crippen molar-refractivity contribution in [1.29, 1.82) is 0 Å². The number of hydrogen-bond acceptors (Lipinski definition) is 1. The molecule has 0 aliphatic heterocycles. The van der Waals surface area contributed by atoms with E-state index in [0.29, 0.717) is 13.8 Å². The van der Waals surface area contributed by atoms with Crippen LogP contribution in [0.15, 0.2) is 0 Å². The highest BCUT2D eigenvalue weighted by atomic mass is 19.4. The first-order valence-corrected chi connectivity index (χ1v) is 5.41. The van der Waals surface area contributed by atoms with Gasteiger partial charge in [-0.05, 0) is 0 Å². The Hall–Kier alpha value is -0.600. The van der Waals surface area contributed by atoms with Crippen LogP contribution >= 0.6 is 0 Å². The maximum atomic E-state index is 12.9. The van der Waals surface area contributed by atoms with E-state index >= 15 is 0 Å². The first-order valence-electron chi connectivity index (χ1n) is 5.41. The molecule has 0 fully saturated rings. The fraction of sp³-hybridized carbons (Fsp3) is 1.00. The number of rotatable bonds is 6. The highest BCUT2D eigenvalue weighted by Gasteiger charge is 2.40. The van der Waals surface area contributed by atoms with Crippen LogP contribution in [0.1, 0.15) is 26.7 Å². The molecule has 116 valence electrons. The average Bonchev–Trinajstić information content (AvgIpc) is 2.13. The van der Waals surface area contributed by atoms with E-state index < -0.39 is 49.7 Å². The normalized spacial score (nSPS) is 19.9. The van der Waals surface area contributed by atoms with E-state index in [2.05, 4.69) is 4.74 Å². The predicted molar refractivity (Wildman–Crippen MR) is 50.5 cm³/mol. The van der Waals surface area contributed by atoms with E-state index in [-0.39, 0.29) is 0 Å². The van der Waals surface area contributed by atoms with Crippen LogP contribution in [0.3, 0.4) is 0 Å². The molecule has 0 N–H and O–H groups in total. The van der Waals surface area contributed by atoms with Crippen LogP contribution in [0.25, 0.3) is 0 Å². The van der Waals surface area contributed by atoms with Crippen molar-refractivity contribution in [2.24, 2.45) is 11.8 Å². The van der Waals surface area contributed by atoms with Crippen molar-refractivity contribution in [3.63, 3.8) is 0 Å². The van der Waals surface area contributed by atoms with Gasteiger partial charge in [-0.15, -0.1) is 0 Å². The molecule has 4 atom stereocenters. The highest BCUT2D eigenvalue weighted by Crippen LogP contribution is 2.32. The summed E-state index contributed by atoms with van der Waals surface area (Å²) in [6.07, 6.45) is -16.9. The summed E-state index contributed by atoms with van der Waals surface area (Å²) >= 11 is 0. The minimum atomic E-state index is -4.67. The van der Waals surface area contributed by atoms with E-state index in [1.807, 2.05) is 0 Å². The van der Waals surface area contributed by atoms with Gasteiger partial charge in [-0.2, -0.15) is 26.3 Å². The monoisotopic (exact) mass is 302 g/mol. The van der Waals surface area contributed by atoms with Gasteiger partial charge in [0.05, 0.1) is 11.8 Å². The lowest BCUT2D eigenvalue weighted by molar-refractivity contribution is -0.217. The lowest BCUT2D eigenvalue weighted by atomic mass is 10.1. The fourth-order valence-electron chi connectivity index (χ4n) is 1.09. The lowest BCUT2D eigenvalue weighted by Crippen LogP contribution is -2.28. The molecule has 0 saturated carbocycles. The SMILES string of the molecule is CC(CC(F)OC(F)CC(C)C(F)(F)F)C(F)(F)F. The molecule has 1 nitrogen and oxygen atoms in total. The van der Waals surface area contributed by atoms with Gasteiger partial charge in [0.25, 0.3) is 0 Å². The summed E-state index contributed by atoms with van der Waals surface area (Å²) in [6, 6.07) is 0. The van der Waals surface area contributed by atoms with Gasteiger partial charge in [0.15, 0.2) is 0 Å². The molecule has 0 aromatic heterocycles. The van der Waals surface area contributed by atoms with Gasteiger partial charge >= 0.3 is 12.4 Å². The molecule has 0 radical (unpaired) electrons. The first-order chi connectivity index (χ1) is 8.34. The van der Waals surface area contributed by atoms with Gasteiger partial charge in [-0.25, -0.2) is 8.78 Å². The molecule has 0 heterocycles. The number of hydrogen-bond donors (Lipinski definition) is 0. The van der Waals surface area contributed by atoms with Crippen molar-refractivity contribution < 1.29 is 39.9 Å². The Labute approximate surface area is 104 Å². The van der Waals surface area contributed by atoms with Crippen molar-refractivity contribution in [2.75, 3.05) is 0 Å². The second-order valence-electron chi connectivity index (χ2n) is 4.31. The molecule has 0 aliphatic carbocycles. The predicted octanol–water partition coefficient (Wildman–Crippen LogP) is 4.77. The van der Waals surface area contributed by atoms with Crippen molar-refractivity contribution >= 4 is 0 Å². The molecule has 0 spiro atoms. The smallest absolute Gasteiger partial charge is 0.314 e. The van der Waals surface area contributed by atoms with Crippen LogP contribution in [0.2, 0.25) is 0 Å². The van der Waals surface area contributed by atoms with Gasteiger partial charge in [0.1, 0.15) is 0 Å². The second kappa shape index (κ2) is 6.71. The van der Waals surface area contributed by atoms with E-state index in [1.54, 1.807) is 0 Å². The molecule has 0 aromatic rings. The summed E-state index contributed by atoms with van der Waals surface area (Å²) in [6.45, 7) is 1.34. The van der Waals surface area contributed by atoms with Gasteiger partial charge in [-0.3, -0.25) is 0 Å². The molecular formula is C10H14F8O. The minimum Gasteiger partial charge on any atom is -0.314 e. The summed E-state index contributed by atoms with van der Waals surface area (Å²) in [5, 5.41) is 0. The third-order valence-electron chi connectivity index (χ3n) is 2.49. The Morgan fingerprint density at radius 1 is 0.737 bits per heavy atom. The van der Waals surface area contributed by atoms with E-state index in [1.165, 1.54) is 0 Å². The number of alkyl halides is 8. The zero-order valence-electron chi connectivity index (χ0n) is 10.2. The molecule has 0 aromatic carbocycles. The molecular weight excluding hydrogens is 288 g/mol. The van der Waals surface area contributed by atoms with Crippen molar-refractivity contribution in [1.82, 2.24) is 0 Å². The zero-order valence-corrected chi connectivity index (χ0v) is 10.2. The zero-order chi connectivity index (χ0) is 15.4. The Bertz CT molecular complexity index is 235. The summed E-state index contributed by atoms with van der Waals surface area (Å²) in [4.78, 5) is 0. The van der Waals surface area contributed by atoms with Gasteiger partial charge < -0.3 is 4.74 Å². The minimum absolute atomic E-state index is 0.668. The van der Waals surface area contributed by atoms with Crippen molar-refractivity contribution in [3.05, 3.63) is 0 Å². The summed E-state index contributed by atoms with van der Waals surface area (Å²) in [5.74, 6) is -4.15. The van der Waals surface area contributed by atoms with Crippen LogP contribution < -0.4 is 0 Å². The highest BCUT2D eigenvalue weighted by molar-refractivity contribution is 4.66. The van der Waals surface area contributed by atoms with Gasteiger partial charge in [0, 0.05) is 12.8 Å². The van der Waals surface area contributed by atoms with Crippen LogP contribution in [0.5, 0.6) is 0 Å². The van der Waals surface area contributed by atoms with Gasteiger partial charge in [-0.1, -0.05) is 13.8 Å². The van der Waals surface area contributed by atoms with Crippen molar-refractivity contribution in [3.8, 4) is 0 Å². The van der Waals surface area contributed by atoms with Crippen LogP contribution in [-0.2, 0) is 4.74 Å². The van der Waals surface area contributed by atoms with Crippen LogP contribution in [-0.4, -0.2) is 25.1 Å². The van der Waals surface area contributed by atoms with Crippen LogP contribution in [0.4, 0.5) is 35.1 Å². The second-order valence-corrected chi connectivity index (χ2v) is 4.31. The topological polar surface area (TPSA) is 9.23 Å². The third-order valence-corrected chi connectivity index (χ3v) is 2.49. The maximum Gasteiger partial charge on any atom is 0.391 e. The molecule has 9 heteroatoms. The molecule has 0 saturated heterocycles. The molecule has 0 aliphatic rings. The van der Waals surface area contributed by atoms with E-state index in [9.17, 15) is 35.1 Å². The maximum absolute atomic E-state index is 12.9. The van der Waals surface area contributed by atoms with Gasteiger partial charge in [0.2, 0.25) is 12.7 Å². The number of halogens is 8. The largest absolute Gasteiger partial charge is 0.391 e. The molecule has 0 amide bonds. The third kappa shape index (κ3) is 7.54. The molecule has 4 unspecified atom stereocenters. The summed E-state index contributed by atoms with van der Waals surface area (Å²) in [7, 11) is 0. The lowest BCUT2D eigenvalue weighted by Gasteiger charge is -2.21. The summed E-state index contributed by atoms with van der Waals surface area (Å²) < 4.78 is 102. The van der Waals surface area contributed by atoms with Crippen LogP contribution in [0, 0.1) is 11.8 Å². The fourth-order valence-corrected chi connectivity index (χ4v) is 1.09. The standard InChI is InChI=1S/C10H14F8O/c1-5(9(13,14)15)3-7(11)19-8(12)4-6(2)10(16,17)18/h5-8H,3-4H2,1-2H3. The molecule has 19 heavy (non-hydrogen) atoms. The van der Waals surface area contributed by atoms with E-state index in [4.69, 9.17) is 0 Å². The van der Waals surface area contributed by atoms with Crippen molar-refractivity contribution in [2.45, 2.75) is 51.8 Å².